The highest BCUT2D eigenvalue weighted by Gasteiger charge is 2.04. The van der Waals surface area contributed by atoms with Gasteiger partial charge in [-0.2, -0.15) is 5.10 Å². The van der Waals surface area contributed by atoms with Crippen LogP contribution < -0.4 is 0 Å². The lowest BCUT2D eigenvalue weighted by atomic mass is 10.1. The van der Waals surface area contributed by atoms with Crippen molar-refractivity contribution in [1.82, 2.24) is 9.78 Å². The number of hydrogen-bond donors (Lipinski definition) is 0. The molecule has 0 bridgehead atoms. The molecule has 0 aliphatic heterocycles. The molecule has 1 aromatic heterocycles. The van der Waals surface area contributed by atoms with E-state index >= 15 is 0 Å². The number of halogens is 1. The van der Waals surface area contributed by atoms with E-state index in [9.17, 15) is 0 Å². The van der Waals surface area contributed by atoms with Gasteiger partial charge >= 0.3 is 0 Å². The van der Waals surface area contributed by atoms with Crippen molar-refractivity contribution in [2.45, 2.75) is 13.5 Å². The number of nitrogens with zero attached hydrogens (tertiary/aromatic N) is 2. The molecular formula is C15H13ClN2. The second kappa shape index (κ2) is 4.46. The van der Waals surface area contributed by atoms with Crippen LogP contribution in [-0.4, -0.2) is 9.78 Å². The van der Waals surface area contributed by atoms with Crippen molar-refractivity contribution in [2.24, 2.45) is 0 Å². The topological polar surface area (TPSA) is 17.8 Å². The fourth-order valence-electron chi connectivity index (χ4n) is 2.15. The Morgan fingerprint density at radius 1 is 1.17 bits per heavy atom. The monoisotopic (exact) mass is 256 g/mol. The molecule has 18 heavy (non-hydrogen) atoms. The zero-order chi connectivity index (χ0) is 12.5. The first-order chi connectivity index (χ1) is 8.74. The van der Waals surface area contributed by atoms with Crippen molar-refractivity contribution in [3.63, 3.8) is 0 Å². The Morgan fingerprint density at radius 3 is 2.83 bits per heavy atom. The minimum atomic E-state index is 0.774. The zero-order valence-corrected chi connectivity index (χ0v) is 10.9. The van der Waals surface area contributed by atoms with Crippen molar-refractivity contribution in [3.8, 4) is 0 Å². The molecule has 90 valence electrons. The Hall–Kier alpha value is -1.80. The van der Waals surface area contributed by atoms with Crippen LogP contribution in [0.3, 0.4) is 0 Å². The lowest BCUT2D eigenvalue weighted by molar-refractivity contribution is 0.709. The van der Waals surface area contributed by atoms with Crippen LogP contribution in [0.2, 0.25) is 5.02 Å². The SMILES string of the molecule is Cc1cc(Cl)ccc1Cn1ncc2ccccc21. The molecular weight excluding hydrogens is 244 g/mol. The molecule has 0 N–H and O–H groups in total. The van der Waals surface area contributed by atoms with Crippen LogP contribution in [0.5, 0.6) is 0 Å². The fourth-order valence-corrected chi connectivity index (χ4v) is 2.38. The van der Waals surface area contributed by atoms with E-state index in [-0.39, 0.29) is 0 Å². The van der Waals surface area contributed by atoms with Crippen molar-refractivity contribution in [2.75, 3.05) is 0 Å². The summed E-state index contributed by atoms with van der Waals surface area (Å²) >= 11 is 5.97. The van der Waals surface area contributed by atoms with E-state index < -0.39 is 0 Å². The highest BCUT2D eigenvalue weighted by molar-refractivity contribution is 6.30. The standard InChI is InChI=1S/C15H13ClN2/c1-11-8-14(16)7-6-13(11)10-18-15-5-3-2-4-12(15)9-17-18/h2-9H,10H2,1H3. The van der Waals surface area contributed by atoms with Crippen molar-refractivity contribution in [1.29, 1.82) is 0 Å². The first kappa shape index (κ1) is 11.3. The molecule has 3 aromatic rings. The minimum absolute atomic E-state index is 0.774. The number of fused-ring (bicyclic) bond motifs is 1. The number of benzene rings is 2. The van der Waals surface area contributed by atoms with E-state index in [1.807, 2.05) is 35.1 Å². The summed E-state index contributed by atoms with van der Waals surface area (Å²) in [5.74, 6) is 0. The first-order valence-electron chi connectivity index (χ1n) is 5.89. The molecule has 0 spiro atoms. The van der Waals surface area contributed by atoms with Crippen LogP contribution in [0.15, 0.2) is 48.7 Å². The van der Waals surface area contributed by atoms with Gasteiger partial charge in [-0.05, 0) is 36.2 Å². The van der Waals surface area contributed by atoms with Crippen LogP contribution in [0.1, 0.15) is 11.1 Å². The summed E-state index contributed by atoms with van der Waals surface area (Å²) in [6, 6.07) is 14.2. The summed E-state index contributed by atoms with van der Waals surface area (Å²) in [5.41, 5.74) is 3.60. The molecule has 1 heterocycles. The summed E-state index contributed by atoms with van der Waals surface area (Å²) < 4.78 is 2.02. The van der Waals surface area contributed by atoms with Gasteiger partial charge in [0.25, 0.3) is 0 Å². The highest BCUT2D eigenvalue weighted by Crippen LogP contribution is 2.18. The number of rotatable bonds is 2. The molecule has 2 aromatic carbocycles. The molecule has 0 amide bonds. The molecule has 0 atom stereocenters. The van der Waals surface area contributed by atoms with E-state index in [0.717, 1.165) is 17.1 Å². The smallest absolute Gasteiger partial charge is 0.0686 e. The van der Waals surface area contributed by atoms with Gasteiger partial charge in [-0.1, -0.05) is 35.9 Å². The number of hydrogen-bond acceptors (Lipinski definition) is 1. The predicted octanol–water partition coefficient (Wildman–Crippen LogP) is 4.05. The third-order valence-electron chi connectivity index (χ3n) is 3.18. The Balaban J connectivity index is 2.01. The van der Waals surface area contributed by atoms with Crippen LogP contribution in [0, 0.1) is 6.92 Å². The minimum Gasteiger partial charge on any atom is -0.260 e. The molecule has 0 aliphatic carbocycles. The van der Waals surface area contributed by atoms with Crippen LogP contribution in [0.4, 0.5) is 0 Å². The Labute approximate surface area is 111 Å². The average Bonchev–Trinajstić information content (AvgIpc) is 2.76. The van der Waals surface area contributed by atoms with E-state index in [1.165, 1.54) is 16.5 Å². The molecule has 2 nitrogen and oxygen atoms in total. The van der Waals surface area contributed by atoms with Gasteiger partial charge in [0.2, 0.25) is 0 Å². The van der Waals surface area contributed by atoms with Gasteiger partial charge in [0.05, 0.1) is 18.3 Å². The Morgan fingerprint density at radius 2 is 2.00 bits per heavy atom. The van der Waals surface area contributed by atoms with Gasteiger partial charge in [-0.3, -0.25) is 4.68 Å². The second-order valence-electron chi connectivity index (χ2n) is 4.43. The third-order valence-corrected chi connectivity index (χ3v) is 3.41. The van der Waals surface area contributed by atoms with Gasteiger partial charge in [0, 0.05) is 10.4 Å². The quantitative estimate of drug-likeness (QED) is 0.676. The maximum atomic E-state index is 5.97. The molecule has 3 heteroatoms. The highest BCUT2D eigenvalue weighted by atomic mass is 35.5. The van der Waals surface area contributed by atoms with Gasteiger partial charge in [0.15, 0.2) is 0 Å². The first-order valence-corrected chi connectivity index (χ1v) is 6.27. The van der Waals surface area contributed by atoms with Gasteiger partial charge in [-0.25, -0.2) is 0 Å². The maximum absolute atomic E-state index is 5.97. The summed E-state index contributed by atoms with van der Waals surface area (Å²) in [7, 11) is 0. The third kappa shape index (κ3) is 2.00. The zero-order valence-electron chi connectivity index (χ0n) is 10.1. The van der Waals surface area contributed by atoms with Crippen molar-refractivity contribution in [3.05, 3.63) is 64.8 Å². The molecule has 0 radical (unpaired) electrons. The number of aryl methyl sites for hydroxylation is 1. The van der Waals surface area contributed by atoms with Crippen LogP contribution in [0.25, 0.3) is 10.9 Å². The van der Waals surface area contributed by atoms with Gasteiger partial charge in [0.1, 0.15) is 0 Å². The number of para-hydroxylation sites is 1. The van der Waals surface area contributed by atoms with E-state index in [4.69, 9.17) is 11.6 Å². The van der Waals surface area contributed by atoms with E-state index in [1.54, 1.807) is 0 Å². The summed E-state index contributed by atoms with van der Waals surface area (Å²) in [6.45, 7) is 2.85. The van der Waals surface area contributed by atoms with E-state index in [2.05, 4.69) is 30.2 Å². The number of aromatic nitrogens is 2. The van der Waals surface area contributed by atoms with E-state index in [0.29, 0.717) is 0 Å². The lowest BCUT2D eigenvalue weighted by Gasteiger charge is -2.07. The normalized spacial score (nSPS) is 11.0. The predicted molar refractivity (Wildman–Crippen MR) is 75.0 cm³/mol. The molecule has 0 unspecified atom stereocenters. The van der Waals surface area contributed by atoms with Crippen LogP contribution >= 0.6 is 11.6 Å². The molecule has 0 aliphatic rings. The van der Waals surface area contributed by atoms with Crippen LogP contribution in [-0.2, 0) is 6.54 Å². The Kier molecular flexibility index (Phi) is 2.80. The van der Waals surface area contributed by atoms with Gasteiger partial charge in [-0.15, -0.1) is 0 Å². The molecule has 0 saturated heterocycles. The summed E-state index contributed by atoms with van der Waals surface area (Å²) in [4.78, 5) is 0. The second-order valence-corrected chi connectivity index (χ2v) is 4.87. The fraction of sp³-hybridized carbons (Fsp3) is 0.133. The average molecular weight is 257 g/mol. The Bertz CT molecular complexity index is 701. The van der Waals surface area contributed by atoms with Gasteiger partial charge < -0.3 is 0 Å². The van der Waals surface area contributed by atoms with Crippen molar-refractivity contribution < 1.29 is 0 Å². The summed E-state index contributed by atoms with van der Waals surface area (Å²) in [6.07, 6.45) is 1.90. The van der Waals surface area contributed by atoms with Crippen molar-refractivity contribution >= 4 is 22.5 Å². The summed E-state index contributed by atoms with van der Waals surface area (Å²) in [5, 5.41) is 6.39. The maximum Gasteiger partial charge on any atom is 0.0686 e. The molecule has 0 saturated carbocycles. The molecule has 0 fully saturated rings. The lowest BCUT2D eigenvalue weighted by Crippen LogP contribution is -2.02. The largest absolute Gasteiger partial charge is 0.260 e. The molecule has 3 rings (SSSR count).